The zero-order valence-electron chi connectivity index (χ0n) is 16.0. The van der Waals surface area contributed by atoms with Crippen molar-refractivity contribution in [2.24, 2.45) is 0 Å². The molecule has 6 nitrogen and oxygen atoms in total. The fourth-order valence-corrected chi connectivity index (χ4v) is 5.53. The van der Waals surface area contributed by atoms with Crippen molar-refractivity contribution in [3.63, 3.8) is 0 Å². The standard InChI is InChI=1S/C20H22N6S2/c1-13-11-14(2)26-19(21-13)23-25(20(26)27)12-24-10-6-5-8-16(24)18-22-15-7-3-4-9-17(15)28-18/h3-4,7,9,11,16H,5-6,8,10,12H2,1-2H3. The maximum Gasteiger partial charge on any atom is 0.254 e. The van der Waals surface area contributed by atoms with Gasteiger partial charge in [-0.1, -0.05) is 18.6 Å². The van der Waals surface area contributed by atoms with Crippen LogP contribution in [-0.2, 0) is 6.67 Å². The molecule has 1 atom stereocenters. The molecule has 0 bridgehead atoms. The van der Waals surface area contributed by atoms with Gasteiger partial charge in [0.1, 0.15) is 5.01 Å². The van der Waals surface area contributed by atoms with Crippen LogP contribution in [0, 0.1) is 18.6 Å². The van der Waals surface area contributed by atoms with Crippen LogP contribution in [0.2, 0.25) is 0 Å². The van der Waals surface area contributed by atoms with Gasteiger partial charge in [0.05, 0.1) is 22.9 Å². The van der Waals surface area contributed by atoms with E-state index < -0.39 is 0 Å². The zero-order valence-corrected chi connectivity index (χ0v) is 17.6. The Labute approximate surface area is 172 Å². The van der Waals surface area contributed by atoms with E-state index in [2.05, 4.69) is 34.1 Å². The SMILES string of the molecule is Cc1cc(C)n2c(=S)n(CN3CCCCC3c3nc4ccccc4s3)nc2n1. The molecule has 1 aliphatic rings. The first-order valence-electron chi connectivity index (χ1n) is 9.63. The molecule has 0 spiro atoms. The second kappa shape index (κ2) is 7.02. The molecular weight excluding hydrogens is 388 g/mol. The molecule has 1 aliphatic heterocycles. The number of piperidine rings is 1. The van der Waals surface area contributed by atoms with E-state index in [-0.39, 0.29) is 0 Å². The molecule has 1 fully saturated rings. The lowest BCUT2D eigenvalue weighted by Gasteiger charge is -2.33. The Morgan fingerprint density at radius 3 is 2.89 bits per heavy atom. The number of likely N-dealkylation sites (tertiary alicyclic amines) is 1. The van der Waals surface area contributed by atoms with Crippen molar-refractivity contribution < 1.29 is 0 Å². The highest BCUT2D eigenvalue weighted by molar-refractivity contribution is 7.71. The first-order chi connectivity index (χ1) is 13.6. The third-order valence-electron chi connectivity index (χ3n) is 5.39. The maximum absolute atomic E-state index is 5.72. The third-order valence-corrected chi connectivity index (χ3v) is 6.92. The molecule has 1 unspecified atom stereocenters. The average Bonchev–Trinajstić information content (AvgIpc) is 3.23. The number of rotatable bonds is 3. The van der Waals surface area contributed by atoms with Gasteiger partial charge in [0.15, 0.2) is 0 Å². The first kappa shape index (κ1) is 17.9. The summed E-state index contributed by atoms with van der Waals surface area (Å²) in [5.41, 5.74) is 3.12. The van der Waals surface area contributed by atoms with Crippen LogP contribution >= 0.6 is 23.6 Å². The molecule has 1 aromatic carbocycles. The van der Waals surface area contributed by atoms with Gasteiger partial charge in [-0.3, -0.25) is 9.30 Å². The molecular formula is C20H22N6S2. The summed E-state index contributed by atoms with van der Waals surface area (Å²) in [6, 6.07) is 10.7. The van der Waals surface area contributed by atoms with Crippen molar-refractivity contribution in [3.05, 3.63) is 51.5 Å². The summed E-state index contributed by atoms with van der Waals surface area (Å²) in [6.45, 7) is 5.74. The van der Waals surface area contributed by atoms with E-state index in [1.807, 2.05) is 29.0 Å². The van der Waals surface area contributed by atoms with Gasteiger partial charge >= 0.3 is 0 Å². The maximum atomic E-state index is 5.72. The quantitative estimate of drug-likeness (QED) is 0.459. The van der Waals surface area contributed by atoms with Gasteiger partial charge in [0, 0.05) is 17.9 Å². The predicted molar refractivity (Wildman–Crippen MR) is 114 cm³/mol. The van der Waals surface area contributed by atoms with Crippen LogP contribution in [0.1, 0.15) is 41.7 Å². The molecule has 0 radical (unpaired) electrons. The van der Waals surface area contributed by atoms with E-state index in [1.165, 1.54) is 22.5 Å². The molecule has 3 aromatic heterocycles. The van der Waals surface area contributed by atoms with Crippen molar-refractivity contribution in [2.45, 2.75) is 45.8 Å². The van der Waals surface area contributed by atoms with Crippen LogP contribution in [0.15, 0.2) is 30.3 Å². The highest BCUT2D eigenvalue weighted by Crippen LogP contribution is 2.35. The van der Waals surface area contributed by atoms with Gasteiger partial charge in [0.25, 0.3) is 5.78 Å². The number of benzene rings is 1. The minimum atomic E-state index is 0.314. The first-order valence-corrected chi connectivity index (χ1v) is 10.9. The predicted octanol–water partition coefficient (Wildman–Crippen LogP) is 4.67. The summed E-state index contributed by atoms with van der Waals surface area (Å²) in [6.07, 6.45) is 3.54. The van der Waals surface area contributed by atoms with Crippen molar-refractivity contribution >= 4 is 39.5 Å². The van der Waals surface area contributed by atoms with E-state index in [4.69, 9.17) is 22.3 Å². The van der Waals surface area contributed by atoms with Gasteiger partial charge < -0.3 is 0 Å². The fourth-order valence-electron chi connectivity index (χ4n) is 4.07. The molecule has 4 aromatic rings. The second-order valence-corrected chi connectivity index (χ2v) is 8.87. The number of para-hydroxylation sites is 1. The summed E-state index contributed by atoms with van der Waals surface area (Å²) >= 11 is 7.52. The molecule has 4 heterocycles. The van der Waals surface area contributed by atoms with Gasteiger partial charge in [-0.05, 0) is 57.1 Å². The van der Waals surface area contributed by atoms with Crippen LogP contribution in [0.25, 0.3) is 16.0 Å². The second-order valence-electron chi connectivity index (χ2n) is 7.44. The summed E-state index contributed by atoms with van der Waals surface area (Å²) in [5.74, 6) is 0.677. The molecule has 0 aliphatic carbocycles. The van der Waals surface area contributed by atoms with Crippen LogP contribution in [0.4, 0.5) is 0 Å². The molecule has 28 heavy (non-hydrogen) atoms. The Morgan fingerprint density at radius 2 is 2.04 bits per heavy atom. The smallest absolute Gasteiger partial charge is 0.254 e. The lowest BCUT2D eigenvalue weighted by atomic mass is 10.0. The third kappa shape index (κ3) is 3.05. The number of aromatic nitrogens is 5. The Balaban J connectivity index is 1.51. The van der Waals surface area contributed by atoms with Crippen LogP contribution in [-0.4, -0.2) is 35.6 Å². The molecule has 8 heteroatoms. The van der Waals surface area contributed by atoms with Gasteiger partial charge in [-0.2, -0.15) is 0 Å². The number of nitrogens with zero attached hydrogens (tertiary/aromatic N) is 6. The van der Waals surface area contributed by atoms with Crippen molar-refractivity contribution in [1.82, 2.24) is 29.0 Å². The molecule has 144 valence electrons. The van der Waals surface area contributed by atoms with Gasteiger partial charge in [-0.15, -0.1) is 16.4 Å². The molecule has 1 saturated heterocycles. The largest absolute Gasteiger partial charge is 0.275 e. The highest BCUT2D eigenvalue weighted by atomic mass is 32.1. The Kier molecular flexibility index (Phi) is 4.49. The number of hydrogen-bond donors (Lipinski definition) is 0. The monoisotopic (exact) mass is 410 g/mol. The zero-order chi connectivity index (χ0) is 19.3. The van der Waals surface area contributed by atoms with Gasteiger partial charge in [0.2, 0.25) is 4.77 Å². The van der Waals surface area contributed by atoms with E-state index in [1.54, 1.807) is 11.3 Å². The average molecular weight is 411 g/mol. The number of fused-ring (bicyclic) bond motifs is 2. The van der Waals surface area contributed by atoms with Crippen LogP contribution in [0.3, 0.4) is 0 Å². The molecule has 0 amide bonds. The Hall–Kier alpha value is -2.16. The van der Waals surface area contributed by atoms with Gasteiger partial charge in [-0.25, -0.2) is 14.6 Å². The van der Waals surface area contributed by atoms with Crippen LogP contribution < -0.4 is 0 Å². The Morgan fingerprint density at radius 1 is 1.18 bits per heavy atom. The summed E-state index contributed by atoms with van der Waals surface area (Å²) in [4.78, 5) is 11.9. The normalized spacial score (nSPS) is 18.3. The molecule has 0 N–H and O–H groups in total. The minimum Gasteiger partial charge on any atom is -0.275 e. The number of hydrogen-bond acceptors (Lipinski definition) is 6. The minimum absolute atomic E-state index is 0.314. The molecule has 5 rings (SSSR count). The topological polar surface area (TPSA) is 51.2 Å². The fraction of sp³-hybridized carbons (Fsp3) is 0.400. The summed E-state index contributed by atoms with van der Waals surface area (Å²) in [7, 11) is 0. The lowest BCUT2D eigenvalue weighted by Crippen LogP contribution is -2.35. The van der Waals surface area contributed by atoms with Crippen molar-refractivity contribution in [3.8, 4) is 0 Å². The highest BCUT2D eigenvalue weighted by Gasteiger charge is 2.27. The van der Waals surface area contributed by atoms with E-state index in [9.17, 15) is 0 Å². The van der Waals surface area contributed by atoms with Crippen molar-refractivity contribution in [1.29, 1.82) is 0 Å². The summed E-state index contributed by atoms with van der Waals surface area (Å²) in [5, 5.41) is 5.90. The van der Waals surface area contributed by atoms with E-state index >= 15 is 0 Å². The van der Waals surface area contributed by atoms with E-state index in [0.717, 1.165) is 29.9 Å². The number of aryl methyl sites for hydroxylation is 2. The summed E-state index contributed by atoms with van der Waals surface area (Å²) < 4.78 is 5.82. The lowest BCUT2D eigenvalue weighted by molar-refractivity contribution is 0.103. The van der Waals surface area contributed by atoms with Crippen molar-refractivity contribution in [2.75, 3.05) is 6.54 Å². The Bertz CT molecular complexity index is 1190. The van der Waals surface area contributed by atoms with E-state index in [0.29, 0.717) is 23.3 Å². The van der Waals surface area contributed by atoms with Crippen LogP contribution in [0.5, 0.6) is 0 Å². The number of thiazole rings is 1. The molecule has 0 saturated carbocycles.